The number of carbonyl (C=O) groups is 6. The number of likely N-dealkylation sites (tertiary alicyclic amines) is 1. The molecule has 0 saturated carbocycles. The van der Waals surface area contributed by atoms with Gasteiger partial charge in [-0.05, 0) is 69.5 Å². The predicted octanol–water partition coefficient (Wildman–Crippen LogP) is 5.89. The van der Waals surface area contributed by atoms with Crippen LogP contribution in [0.15, 0.2) is 29.6 Å². The van der Waals surface area contributed by atoms with Crippen molar-refractivity contribution in [1.29, 1.82) is 0 Å². The monoisotopic (exact) mass is 840 g/mol. The van der Waals surface area contributed by atoms with Gasteiger partial charge >= 0.3 is 11.9 Å². The number of rotatable bonds is 22. The number of carbonyl (C=O) groups excluding carboxylic acids is 5. The summed E-state index contributed by atoms with van der Waals surface area (Å²) in [4.78, 5) is 87.9. The summed E-state index contributed by atoms with van der Waals surface area (Å²) in [7, 11) is 1.92. The van der Waals surface area contributed by atoms with Crippen LogP contribution in [0.1, 0.15) is 133 Å². The van der Waals surface area contributed by atoms with E-state index in [-0.39, 0.29) is 73.1 Å². The number of hydrogen-bond acceptors (Lipinski definition) is 10. The van der Waals surface area contributed by atoms with Crippen molar-refractivity contribution >= 4 is 46.9 Å². The zero-order valence-electron chi connectivity index (χ0n) is 36.7. The fourth-order valence-corrected chi connectivity index (χ4v) is 8.24. The highest BCUT2D eigenvalue weighted by molar-refractivity contribution is 7.09. The maximum absolute atomic E-state index is 14.9. The SMILES string of the molecule is CCC(C)[C@H](NC(=O)[C@H]1CCCCN1C)C(=O)N(CNC(=O)CC(C)C)[C@H](C[C@@H](OC(C)=O)c1nc(C(=O)N[C@@H](Cc2ccc(C)cc2)C[C@H](C)C(=O)O)cs1)C(C)C. The molecule has 1 saturated heterocycles. The van der Waals surface area contributed by atoms with Crippen molar-refractivity contribution in [3.05, 3.63) is 51.5 Å². The van der Waals surface area contributed by atoms with Gasteiger partial charge in [0.2, 0.25) is 17.7 Å². The van der Waals surface area contributed by atoms with Crippen LogP contribution >= 0.6 is 11.3 Å². The molecule has 2 heterocycles. The Balaban J connectivity index is 1.96. The molecule has 1 aliphatic heterocycles. The van der Waals surface area contributed by atoms with E-state index in [4.69, 9.17) is 4.74 Å². The van der Waals surface area contributed by atoms with E-state index in [9.17, 15) is 33.9 Å². The van der Waals surface area contributed by atoms with Gasteiger partial charge in [0.1, 0.15) is 16.7 Å². The zero-order chi connectivity index (χ0) is 44.0. The van der Waals surface area contributed by atoms with Gasteiger partial charge in [-0.3, -0.25) is 33.7 Å². The van der Waals surface area contributed by atoms with Gasteiger partial charge in [0.05, 0.1) is 18.6 Å². The number of nitrogens with one attached hydrogen (secondary N) is 3. The first-order valence-electron chi connectivity index (χ1n) is 21.1. The van der Waals surface area contributed by atoms with Crippen molar-refractivity contribution in [2.24, 2.45) is 23.7 Å². The molecule has 3 rings (SSSR count). The number of piperidine rings is 1. The number of amides is 4. The molecule has 328 valence electrons. The molecule has 2 aromatic rings. The molecule has 15 heteroatoms. The van der Waals surface area contributed by atoms with Crippen LogP contribution in [-0.4, -0.2) is 99.9 Å². The molecular weight excluding hydrogens is 773 g/mol. The Kier molecular flexibility index (Phi) is 19.5. The standard InChI is InChI=1S/C44H68N6O8S/c1-11-29(7)39(48-41(54)35-14-12-13-19-49(35)10)43(55)50(25-45-38(52)20-26(2)3)36(27(4)5)23-37(58-31(9)51)42-47-34(24-59-42)40(53)46-33(21-30(8)44(56)57)22-32-17-15-28(6)16-18-32/h15-18,24,26-27,29-30,33,35-37,39H,11-14,19-23,25H2,1-10H3,(H,45,52)(H,46,53)(H,48,54)(H,56,57)/t29?,30-,33+,35+,36+,37+,39-/m0/s1. The summed E-state index contributed by atoms with van der Waals surface area (Å²) in [6.45, 7) is 17.1. The molecule has 1 aromatic heterocycles. The second-order valence-corrected chi connectivity index (χ2v) is 18.0. The number of benzene rings is 1. The molecule has 0 aliphatic carbocycles. The van der Waals surface area contributed by atoms with E-state index >= 15 is 0 Å². The van der Waals surface area contributed by atoms with Gasteiger partial charge in [-0.25, -0.2) is 4.98 Å². The van der Waals surface area contributed by atoms with Gasteiger partial charge in [0.15, 0.2) is 6.10 Å². The first kappa shape index (κ1) is 49.0. The molecular formula is C44H68N6O8S. The third kappa shape index (κ3) is 15.3. The topological polar surface area (TPSA) is 187 Å². The third-order valence-corrected chi connectivity index (χ3v) is 12.1. The van der Waals surface area contributed by atoms with Gasteiger partial charge in [0, 0.05) is 37.2 Å². The molecule has 1 unspecified atom stereocenters. The van der Waals surface area contributed by atoms with Crippen molar-refractivity contribution in [2.75, 3.05) is 20.3 Å². The number of aryl methyl sites for hydroxylation is 1. The second-order valence-electron chi connectivity index (χ2n) is 17.1. The lowest BCUT2D eigenvalue weighted by Crippen LogP contribution is -2.60. The normalized spacial score (nSPS) is 17.6. The minimum absolute atomic E-state index is 0.0845. The smallest absolute Gasteiger partial charge is 0.306 e. The summed E-state index contributed by atoms with van der Waals surface area (Å²) in [5.74, 6) is -3.89. The van der Waals surface area contributed by atoms with Gasteiger partial charge < -0.3 is 30.7 Å². The molecule has 1 aromatic carbocycles. The first-order chi connectivity index (χ1) is 27.8. The average molecular weight is 841 g/mol. The predicted molar refractivity (Wildman–Crippen MR) is 228 cm³/mol. The lowest BCUT2D eigenvalue weighted by Gasteiger charge is -2.40. The highest BCUT2D eigenvalue weighted by Gasteiger charge is 2.39. The zero-order valence-corrected chi connectivity index (χ0v) is 37.5. The summed E-state index contributed by atoms with van der Waals surface area (Å²) in [5.41, 5.74) is 2.11. The minimum atomic E-state index is -0.963. The van der Waals surface area contributed by atoms with Crippen molar-refractivity contribution in [3.63, 3.8) is 0 Å². The fraction of sp³-hybridized carbons (Fsp3) is 0.659. The summed E-state index contributed by atoms with van der Waals surface area (Å²) in [6, 6.07) is 5.49. The summed E-state index contributed by atoms with van der Waals surface area (Å²) in [5, 5.41) is 20.6. The van der Waals surface area contributed by atoms with E-state index < -0.39 is 48.0 Å². The lowest BCUT2D eigenvalue weighted by atomic mass is 9.92. The first-order valence-corrected chi connectivity index (χ1v) is 22.0. The van der Waals surface area contributed by atoms with E-state index in [1.807, 2.05) is 84.7 Å². The van der Waals surface area contributed by atoms with Crippen LogP contribution in [0.4, 0.5) is 0 Å². The van der Waals surface area contributed by atoms with E-state index in [2.05, 4.69) is 20.9 Å². The van der Waals surface area contributed by atoms with E-state index in [1.165, 1.54) is 6.92 Å². The van der Waals surface area contributed by atoms with Crippen LogP contribution in [0.3, 0.4) is 0 Å². The quantitative estimate of drug-likeness (QED) is 0.0824. The Morgan fingerprint density at radius 3 is 2.25 bits per heavy atom. The Morgan fingerprint density at radius 2 is 1.68 bits per heavy atom. The third-order valence-electron chi connectivity index (χ3n) is 11.1. The molecule has 14 nitrogen and oxygen atoms in total. The Bertz CT molecular complexity index is 1710. The van der Waals surface area contributed by atoms with Crippen molar-refractivity contribution in [1.82, 2.24) is 30.7 Å². The van der Waals surface area contributed by atoms with Crippen LogP contribution in [0.5, 0.6) is 0 Å². The summed E-state index contributed by atoms with van der Waals surface area (Å²) in [6.07, 6.45) is 3.23. The number of hydrogen-bond donors (Lipinski definition) is 4. The summed E-state index contributed by atoms with van der Waals surface area (Å²) < 4.78 is 5.86. The Hall–Kier alpha value is -4.37. The van der Waals surface area contributed by atoms with Crippen molar-refractivity contribution in [3.8, 4) is 0 Å². The number of carboxylic acid groups (broad SMARTS) is 1. The number of aliphatic carboxylic acids is 1. The van der Waals surface area contributed by atoms with Crippen LogP contribution < -0.4 is 16.0 Å². The molecule has 4 amide bonds. The Morgan fingerprint density at radius 1 is 1.00 bits per heavy atom. The number of thiazole rings is 1. The largest absolute Gasteiger partial charge is 0.481 e. The molecule has 4 N–H and O–H groups in total. The molecule has 7 atom stereocenters. The average Bonchev–Trinajstić information content (AvgIpc) is 3.67. The number of carboxylic acids is 1. The number of nitrogens with zero attached hydrogens (tertiary/aromatic N) is 3. The van der Waals surface area contributed by atoms with E-state index in [0.29, 0.717) is 24.3 Å². The number of esters is 1. The van der Waals surface area contributed by atoms with E-state index in [0.717, 1.165) is 41.9 Å². The summed E-state index contributed by atoms with van der Waals surface area (Å²) >= 11 is 1.14. The maximum Gasteiger partial charge on any atom is 0.306 e. The molecule has 0 spiro atoms. The van der Waals surface area contributed by atoms with Gasteiger partial charge in [-0.15, -0.1) is 11.3 Å². The minimum Gasteiger partial charge on any atom is -0.481 e. The van der Waals surface area contributed by atoms with Gasteiger partial charge in [-0.1, -0.05) is 91.1 Å². The molecule has 1 fully saturated rings. The van der Waals surface area contributed by atoms with Crippen LogP contribution in [0.2, 0.25) is 0 Å². The number of aromatic nitrogens is 1. The van der Waals surface area contributed by atoms with Crippen molar-refractivity contribution in [2.45, 2.75) is 144 Å². The van der Waals surface area contributed by atoms with Crippen LogP contribution in [-0.2, 0) is 35.1 Å². The second kappa shape index (κ2) is 23.4. The molecule has 0 radical (unpaired) electrons. The van der Waals surface area contributed by atoms with Gasteiger partial charge in [0.25, 0.3) is 5.91 Å². The van der Waals surface area contributed by atoms with E-state index in [1.54, 1.807) is 17.2 Å². The maximum atomic E-state index is 14.9. The number of ether oxygens (including phenoxy) is 1. The highest BCUT2D eigenvalue weighted by Crippen LogP contribution is 2.32. The fourth-order valence-electron chi connectivity index (χ4n) is 7.40. The van der Waals surface area contributed by atoms with Crippen molar-refractivity contribution < 1.29 is 38.6 Å². The number of likely N-dealkylation sites (N-methyl/N-ethyl adjacent to an activating group) is 1. The van der Waals surface area contributed by atoms with Gasteiger partial charge in [-0.2, -0.15) is 0 Å². The molecule has 59 heavy (non-hydrogen) atoms. The molecule has 1 aliphatic rings. The lowest BCUT2D eigenvalue weighted by molar-refractivity contribution is -0.150. The molecule has 0 bridgehead atoms. The van der Waals surface area contributed by atoms with Crippen LogP contribution in [0.25, 0.3) is 0 Å². The van der Waals surface area contributed by atoms with Crippen LogP contribution in [0, 0.1) is 30.6 Å². The highest BCUT2D eigenvalue weighted by atomic mass is 32.1. The Labute approximate surface area is 354 Å².